The van der Waals surface area contributed by atoms with E-state index in [1.165, 1.54) is 16.7 Å². The van der Waals surface area contributed by atoms with Gasteiger partial charge in [0.1, 0.15) is 18.1 Å². The zero-order chi connectivity index (χ0) is 23.2. The van der Waals surface area contributed by atoms with E-state index in [-0.39, 0.29) is 0 Å². The molecule has 4 rings (SSSR count). The minimum absolute atomic E-state index is 0.517. The molecule has 0 aliphatic heterocycles. The normalized spacial score (nSPS) is 10.8. The van der Waals surface area contributed by atoms with Crippen LogP contribution in [0.3, 0.4) is 0 Å². The van der Waals surface area contributed by atoms with Crippen molar-refractivity contribution in [1.82, 2.24) is 0 Å². The van der Waals surface area contributed by atoms with Gasteiger partial charge < -0.3 is 9.47 Å². The SMILES string of the molecule is CCCc1cc(-c2ccc(C)cc2)c(OC)c(-c2ccc(C)cc2)c1OCc1ccccc1. The molecular weight excluding hydrogens is 404 g/mol. The zero-order valence-electron chi connectivity index (χ0n) is 20.0. The molecule has 0 aliphatic rings. The maximum Gasteiger partial charge on any atom is 0.138 e. The molecule has 2 heteroatoms. The maximum atomic E-state index is 6.56. The molecule has 0 aromatic heterocycles. The van der Waals surface area contributed by atoms with Crippen molar-refractivity contribution in [2.75, 3.05) is 7.11 Å². The zero-order valence-corrected chi connectivity index (χ0v) is 20.0. The molecule has 0 spiro atoms. The van der Waals surface area contributed by atoms with Crippen LogP contribution in [-0.4, -0.2) is 7.11 Å². The van der Waals surface area contributed by atoms with Gasteiger partial charge in [-0.25, -0.2) is 0 Å². The van der Waals surface area contributed by atoms with Gasteiger partial charge in [0, 0.05) is 5.56 Å². The fourth-order valence-corrected chi connectivity index (χ4v) is 4.20. The molecular formula is C31H32O2. The third-order valence-electron chi connectivity index (χ3n) is 5.96. The minimum atomic E-state index is 0.517. The summed E-state index contributed by atoms with van der Waals surface area (Å²) in [6.07, 6.45) is 1.97. The summed E-state index contributed by atoms with van der Waals surface area (Å²) in [5.41, 5.74) is 9.21. The van der Waals surface area contributed by atoms with Crippen molar-refractivity contribution >= 4 is 0 Å². The van der Waals surface area contributed by atoms with Crippen LogP contribution in [0.25, 0.3) is 22.3 Å². The predicted molar refractivity (Wildman–Crippen MR) is 138 cm³/mol. The van der Waals surface area contributed by atoms with Gasteiger partial charge in [-0.15, -0.1) is 0 Å². The molecule has 168 valence electrons. The lowest BCUT2D eigenvalue weighted by atomic mass is 9.91. The van der Waals surface area contributed by atoms with E-state index in [4.69, 9.17) is 9.47 Å². The Bertz CT molecular complexity index is 1190. The number of rotatable bonds is 8. The summed E-state index contributed by atoms with van der Waals surface area (Å²) in [5.74, 6) is 1.77. The summed E-state index contributed by atoms with van der Waals surface area (Å²) >= 11 is 0. The number of hydrogen-bond acceptors (Lipinski definition) is 2. The van der Waals surface area contributed by atoms with Crippen LogP contribution in [0.5, 0.6) is 11.5 Å². The van der Waals surface area contributed by atoms with Crippen molar-refractivity contribution in [3.05, 3.63) is 107 Å². The molecule has 33 heavy (non-hydrogen) atoms. The standard InChI is InChI=1S/C31H32O2/c1-5-9-27-20-28(25-16-12-22(2)13-17-25)31(32-4)29(26-18-14-23(3)15-19-26)30(27)33-21-24-10-7-6-8-11-24/h6-8,10-20H,5,9,21H2,1-4H3. The Hall–Kier alpha value is -3.52. The summed E-state index contributed by atoms with van der Waals surface area (Å²) < 4.78 is 12.7. The van der Waals surface area contributed by atoms with E-state index in [1.54, 1.807) is 7.11 Å². The Balaban J connectivity index is 1.94. The highest BCUT2D eigenvalue weighted by atomic mass is 16.5. The molecule has 0 unspecified atom stereocenters. The average molecular weight is 437 g/mol. The Morgan fingerprint density at radius 2 is 1.30 bits per heavy atom. The van der Waals surface area contributed by atoms with E-state index in [2.05, 4.69) is 87.5 Å². The molecule has 0 atom stereocenters. The van der Waals surface area contributed by atoms with Crippen LogP contribution in [0.2, 0.25) is 0 Å². The molecule has 0 saturated carbocycles. The molecule has 4 aromatic carbocycles. The van der Waals surface area contributed by atoms with E-state index in [1.807, 2.05) is 18.2 Å². The van der Waals surface area contributed by atoms with Crippen LogP contribution >= 0.6 is 0 Å². The second-order valence-corrected chi connectivity index (χ2v) is 8.58. The number of aryl methyl sites for hydroxylation is 3. The fourth-order valence-electron chi connectivity index (χ4n) is 4.20. The van der Waals surface area contributed by atoms with Crippen LogP contribution in [0.15, 0.2) is 84.9 Å². The molecule has 0 radical (unpaired) electrons. The number of methoxy groups -OCH3 is 1. The Morgan fingerprint density at radius 3 is 1.88 bits per heavy atom. The number of benzene rings is 4. The highest BCUT2D eigenvalue weighted by Gasteiger charge is 2.22. The summed E-state index contributed by atoms with van der Waals surface area (Å²) in [5, 5.41) is 0. The highest BCUT2D eigenvalue weighted by molar-refractivity contribution is 5.88. The van der Waals surface area contributed by atoms with Gasteiger partial charge in [-0.2, -0.15) is 0 Å². The number of hydrogen-bond donors (Lipinski definition) is 0. The van der Waals surface area contributed by atoms with Crippen LogP contribution < -0.4 is 9.47 Å². The smallest absolute Gasteiger partial charge is 0.138 e. The monoisotopic (exact) mass is 436 g/mol. The minimum Gasteiger partial charge on any atom is -0.495 e. The fraction of sp³-hybridized carbons (Fsp3) is 0.226. The molecule has 0 amide bonds. The van der Waals surface area contributed by atoms with Gasteiger partial charge in [-0.1, -0.05) is 103 Å². The molecule has 0 saturated heterocycles. The molecule has 0 fully saturated rings. The second-order valence-electron chi connectivity index (χ2n) is 8.58. The molecule has 4 aromatic rings. The van der Waals surface area contributed by atoms with Gasteiger partial charge >= 0.3 is 0 Å². The first-order valence-corrected chi connectivity index (χ1v) is 11.7. The average Bonchev–Trinajstić information content (AvgIpc) is 2.84. The summed E-state index contributed by atoms with van der Waals surface area (Å²) in [4.78, 5) is 0. The van der Waals surface area contributed by atoms with Crippen LogP contribution in [0.4, 0.5) is 0 Å². The molecule has 0 bridgehead atoms. The van der Waals surface area contributed by atoms with Crippen LogP contribution in [-0.2, 0) is 13.0 Å². The van der Waals surface area contributed by atoms with Gasteiger partial charge in [0.2, 0.25) is 0 Å². The lowest BCUT2D eigenvalue weighted by molar-refractivity contribution is 0.302. The lowest BCUT2D eigenvalue weighted by Crippen LogP contribution is -2.04. The van der Waals surface area contributed by atoms with Crippen molar-refractivity contribution in [2.45, 2.75) is 40.2 Å². The Morgan fingerprint density at radius 1 is 0.697 bits per heavy atom. The Labute approximate surface area is 197 Å². The van der Waals surface area contributed by atoms with Crippen molar-refractivity contribution in [1.29, 1.82) is 0 Å². The molecule has 0 aliphatic carbocycles. The van der Waals surface area contributed by atoms with Crippen molar-refractivity contribution in [2.24, 2.45) is 0 Å². The van der Waals surface area contributed by atoms with Gasteiger partial charge in [0.15, 0.2) is 0 Å². The second kappa shape index (κ2) is 10.4. The molecule has 0 heterocycles. The lowest BCUT2D eigenvalue weighted by Gasteiger charge is -2.22. The molecule has 0 N–H and O–H groups in total. The molecule has 2 nitrogen and oxygen atoms in total. The van der Waals surface area contributed by atoms with Gasteiger partial charge in [0.25, 0.3) is 0 Å². The van der Waals surface area contributed by atoms with Crippen molar-refractivity contribution < 1.29 is 9.47 Å². The Kier molecular flexibility index (Phi) is 7.14. The first kappa shape index (κ1) is 22.7. The maximum absolute atomic E-state index is 6.56. The highest BCUT2D eigenvalue weighted by Crippen LogP contribution is 2.47. The third kappa shape index (κ3) is 5.12. The van der Waals surface area contributed by atoms with Gasteiger partial charge in [-0.3, -0.25) is 0 Å². The first-order chi connectivity index (χ1) is 16.1. The van der Waals surface area contributed by atoms with E-state index < -0.39 is 0 Å². The van der Waals surface area contributed by atoms with Crippen molar-refractivity contribution in [3.63, 3.8) is 0 Å². The predicted octanol–water partition coefficient (Wildman–Crippen LogP) is 8.18. The van der Waals surface area contributed by atoms with Gasteiger partial charge in [0.05, 0.1) is 12.7 Å². The summed E-state index contributed by atoms with van der Waals surface area (Å²) in [6, 6.07) is 29.9. The van der Waals surface area contributed by atoms with Crippen LogP contribution in [0, 0.1) is 13.8 Å². The van der Waals surface area contributed by atoms with E-state index in [0.717, 1.165) is 52.2 Å². The largest absolute Gasteiger partial charge is 0.495 e. The summed E-state index contributed by atoms with van der Waals surface area (Å²) in [7, 11) is 1.76. The quantitative estimate of drug-likeness (QED) is 0.277. The van der Waals surface area contributed by atoms with Crippen LogP contribution in [0.1, 0.15) is 35.6 Å². The summed E-state index contributed by atoms with van der Waals surface area (Å²) in [6.45, 7) is 6.95. The van der Waals surface area contributed by atoms with Crippen molar-refractivity contribution in [3.8, 4) is 33.8 Å². The third-order valence-corrected chi connectivity index (χ3v) is 5.96. The first-order valence-electron chi connectivity index (χ1n) is 11.7. The van der Waals surface area contributed by atoms with E-state index in [9.17, 15) is 0 Å². The van der Waals surface area contributed by atoms with Gasteiger partial charge in [-0.05, 0) is 48.6 Å². The number of ether oxygens (including phenoxy) is 2. The van der Waals surface area contributed by atoms with E-state index in [0.29, 0.717) is 6.61 Å². The van der Waals surface area contributed by atoms with E-state index >= 15 is 0 Å². The topological polar surface area (TPSA) is 18.5 Å².